The highest BCUT2D eigenvalue weighted by Crippen LogP contribution is 2.27. The van der Waals surface area contributed by atoms with Gasteiger partial charge in [-0.2, -0.15) is 0 Å². The van der Waals surface area contributed by atoms with Gasteiger partial charge in [0.25, 0.3) is 0 Å². The Morgan fingerprint density at radius 2 is 1.94 bits per heavy atom. The lowest BCUT2D eigenvalue weighted by Gasteiger charge is -2.44. The zero-order valence-corrected chi connectivity index (χ0v) is 9.71. The van der Waals surface area contributed by atoms with Crippen LogP contribution in [0.25, 0.3) is 0 Å². The third-order valence-corrected chi connectivity index (χ3v) is 3.60. The number of nitrogens with zero attached hydrogens (tertiary/aromatic N) is 2. The van der Waals surface area contributed by atoms with Crippen LogP contribution in [0.4, 0.5) is 4.79 Å². The molecule has 6 nitrogen and oxygen atoms in total. The lowest BCUT2D eigenvalue weighted by molar-refractivity contribution is -0.146. The highest BCUT2D eigenvalue weighted by molar-refractivity contribution is 5.80. The van der Waals surface area contributed by atoms with Crippen LogP contribution in [0.3, 0.4) is 0 Å². The fourth-order valence-corrected chi connectivity index (χ4v) is 2.21. The van der Waals surface area contributed by atoms with Gasteiger partial charge in [0.2, 0.25) is 0 Å². The number of amides is 2. The standard InChI is InChI=1S/C11H18N2O4/c14-5-4-13(9-2-1-3-9)11(17)12-6-8(7-12)10(15)16/h8-9,14H,1-7H2,(H,15,16). The first-order valence-corrected chi connectivity index (χ1v) is 6.02. The number of likely N-dealkylation sites (tertiary alicyclic amines) is 1. The average molecular weight is 242 g/mol. The van der Waals surface area contributed by atoms with E-state index >= 15 is 0 Å². The zero-order valence-electron chi connectivity index (χ0n) is 9.71. The van der Waals surface area contributed by atoms with Crippen molar-refractivity contribution >= 4 is 12.0 Å². The average Bonchev–Trinajstić information content (AvgIpc) is 2.10. The van der Waals surface area contributed by atoms with E-state index in [0.717, 1.165) is 19.3 Å². The SMILES string of the molecule is O=C(O)C1CN(C(=O)N(CCO)C2CCC2)C1. The number of aliphatic hydroxyl groups is 1. The normalized spacial score (nSPS) is 20.6. The van der Waals surface area contributed by atoms with Gasteiger partial charge in [0.1, 0.15) is 0 Å². The molecule has 1 aliphatic carbocycles. The second-order valence-corrected chi connectivity index (χ2v) is 4.72. The zero-order chi connectivity index (χ0) is 12.4. The summed E-state index contributed by atoms with van der Waals surface area (Å²) in [5.41, 5.74) is 0. The number of aliphatic hydroxyl groups excluding tert-OH is 1. The van der Waals surface area contributed by atoms with Gasteiger partial charge in [0.05, 0.1) is 12.5 Å². The number of rotatable bonds is 4. The molecule has 2 aliphatic rings. The van der Waals surface area contributed by atoms with E-state index in [1.807, 2.05) is 0 Å². The molecule has 17 heavy (non-hydrogen) atoms. The molecule has 0 aromatic heterocycles. The van der Waals surface area contributed by atoms with Crippen molar-refractivity contribution in [2.45, 2.75) is 25.3 Å². The molecular weight excluding hydrogens is 224 g/mol. The summed E-state index contributed by atoms with van der Waals surface area (Å²) in [6, 6.07) is 0.111. The molecule has 1 saturated heterocycles. The van der Waals surface area contributed by atoms with Gasteiger partial charge in [-0.1, -0.05) is 0 Å². The molecule has 2 amide bonds. The van der Waals surface area contributed by atoms with Gasteiger partial charge in [-0.15, -0.1) is 0 Å². The van der Waals surface area contributed by atoms with E-state index in [0.29, 0.717) is 19.6 Å². The number of carbonyl (C=O) groups excluding carboxylic acids is 1. The van der Waals surface area contributed by atoms with Crippen LogP contribution < -0.4 is 0 Å². The minimum atomic E-state index is -0.841. The molecule has 0 unspecified atom stereocenters. The highest BCUT2D eigenvalue weighted by Gasteiger charge is 2.39. The Morgan fingerprint density at radius 3 is 2.35 bits per heavy atom. The number of hydrogen-bond donors (Lipinski definition) is 2. The molecule has 0 radical (unpaired) electrons. The van der Waals surface area contributed by atoms with Crippen molar-refractivity contribution in [1.29, 1.82) is 0 Å². The minimum absolute atomic E-state index is 0.0432. The molecule has 0 aromatic carbocycles. The molecule has 96 valence electrons. The summed E-state index contributed by atoms with van der Waals surface area (Å²) >= 11 is 0. The van der Waals surface area contributed by atoms with Crippen LogP contribution in [-0.2, 0) is 4.79 Å². The van der Waals surface area contributed by atoms with Crippen molar-refractivity contribution in [2.24, 2.45) is 5.92 Å². The molecule has 1 saturated carbocycles. The van der Waals surface area contributed by atoms with Gasteiger partial charge in [-0.3, -0.25) is 4.79 Å². The topological polar surface area (TPSA) is 81.1 Å². The van der Waals surface area contributed by atoms with Gasteiger partial charge < -0.3 is 20.0 Å². The van der Waals surface area contributed by atoms with E-state index < -0.39 is 11.9 Å². The first kappa shape index (κ1) is 12.2. The summed E-state index contributed by atoms with van der Waals surface area (Å²) in [6.45, 7) is 0.891. The first-order valence-electron chi connectivity index (χ1n) is 6.02. The predicted molar refractivity (Wildman–Crippen MR) is 59.5 cm³/mol. The smallest absolute Gasteiger partial charge is 0.320 e. The highest BCUT2D eigenvalue weighted by atomic mass is 16.4. The predicted octanol–water partition coefficient (Wildman–Crippen LogP) is -0.0304. The van der Waals surface area contributed by atoms with Gasteiger partial charge in [-0.25, -0.2) is 4.79 Å². The summed E-state index contributed by atoms with van der Waals surface area (Å²) < 4.78 is 0. The van der Waals surface area contributed by atoms with Crippen molar-refractivity contribution in [2.75, 3.05) is 26.2 Å². The van der Waals surface area contributed by atoms with E-state index in [1.54, 1.807) is 9.80 Å². The second kappa shape index (κ2) is 4.91. The Balaban J connectivity index is 1.87. The summed E-state index contributed by atoms with van der Waals surface area (Å²) in [7, 11) is 0. The molecule has 0 bridgehead atoms. The van der Waals surface area contributed by atoms with Crippen LogP contribution in [0.5, 0.6) is 0 Å². The van der Waals surface area contributed by atoms with Gasteiger partial charge in [-0.05, 0) is 19.3 Å². The third kappa shape index (κ3) is 2.36. The second-order valence-electron chi connectivity index (χ2n) is 4.72. The Morgan fingerprint density at radius 1 is 1.29 bits per heavy atom. The largest absolute Gasteiger partial charge is 0.481 e. The van der Waals surface area contributed by atoms with Gasteiger partial charge in [0, 0.05) is 25.7 Å². The van der Waals surface area contributed by atoms with E-state index in [1.165, 1.54) is 0 Å². The summed E-state index contributed by atoms with van der Waals surface area (Å²) in [6.07, 6.45) is 3.10. The van der Waals surface area contributed by atoms with Crippen LogP contribution >= 0.6 is 0 Å². The van der Waals surface area contributed by atoms with E-state index in [-0.39, 0.29) is 18.7 Å². The van der Waals surface area contributed by atoms with Gasteiger partial charge >= 0.3 is 12.0 Å². The fraction of sp³-hybridized carbons (Fsp3) is 0.818. The quantitative estimate of drug-likeness (QED) is 0.725. The van der Waals surface area contributed by atoms with Crippen LogP contribution in [0.15, 0.2) is 0 Å². The molecule has 1 heterocycles. The van der Waals surface area contributed by atoms with Crippen molar-refractivity contribution in [3.05, 3.63) is 0 Å². The number of aliphatic carboxylic acids is 1. The first-order chi connectivity index (χ1) is 8.13. The van der Waals surface area contributed by atoms with Crippen molar-refractivity contribution < 1.29 is 19.8 Å². The van der Waals surface area contributed by atoms with E-state index in [4.69, 9.17) is 10.2 Å². The molecule has 0 atom stereocenters. The summed E-state index contributed by atoms with van der Waals surface area (Å²) in [4.78, 5) is 26.0. The van der Waals surface area contributed by atoms with E-state index in [2.05, 4.69) is 0 Å². The number of carbonyl (C=O) groups is 2. The molecule has 1 aliphatic heterocycles. The molecule has 0 aromatic rings. The van der Waals surface area contributed by atoms with Crippen LogP contribution in [-0.4, -0.2) is 64.3 Å². The molecular formula is C11H18N2O4. The Bertz CT molecular complexity index is 311. The number of urea groups is 1. The number of carboxylic acid groups (broad SMARTS) is 1. The van der Waals surface area contributed by atoms with Crippen molar-refractivity contribution in [1.82, 2.24) is 9.80 Å². The monoisotopic (exact) mass is 242 g/mol. The Kier molecular flexibility index (Phi) is 3.51. The molecule has 2 rings (SSSR count). The maximum absolute atomic E-state index is 12.1. The Hall–Kier alpha value is -1.30. The number of hydrogen-bond acceptors (Lipinski definition) is 3. The van der Waals surface area contributed by atoms with Gasteiger partial charge in [0.15, 0.2) is 0 Å². The summed E-state index contributed by atoms with van der Waals surface area (Å²) in [5, 5.41) is 17.7. The van der Waals surface area contributed by atoms with Crippen molar-refractivity contribution in [3.63, 3.8) is 0 Å². The number of carboxylic acids is 1. The van der Waals surface area contributed by atoms with Crippen LogP contribution in [0.1, 0.15) is 19.3 Å². The molecule has 0 spiro atoms. The van der Waals surface area contributed by atoms with E-state index in [9.17, 15) is 9.59 Å². The maximum atomic E-state index is 12.1. The summed E-state index contributed by atoms with van der Waals surface area (Å²) in [5.74, 6) is -1.26. The Labute approximate surface area is 99.8 Å². The molecule has 6 heteroatoms. The maximum Gasteiger partial charge on any atom is 0.320 e. The molecule has 2 N–H and O–H groups in total. The van der Waals surface area contributed by atoms with Crippen LogP contribution in [0.2, 0.25) is 0 Å². The van der Waals surface area contributed by atoms with Crippen LogP contribution in [0, 0.1) is 5.92 Å². The lowest BCUT2D eigenvalue weighted by atomic mass is 9.91. The molecule has 2 fully saturated rings. The lowest BCUT2D eigenvalue weighted by Crippen LogP contribution is -2.60. The minimum Gasteiger partial charge on any atom is -0.481 e. The third-order valence-electron chi connectivity index (χ3n) is 3.60. The fourth-order valence-electron chi connectivity index (χ4n) is 2.21. The van der Waals surface area contributed by atoms with Crippen molar-refractivity contribution in [3.8, 4) is 0 Å².